The van der Waals surface area contributed by atoms with E-state index in [0.717, 1.165) is 42.7 Å². The first-order chi connectivity index (χ1) is 20.6. The minimum absolute atomic E-state index is 0.0115. The molecule has 0 unspecified atom stereocenters. The summed E-state index contributed by atoms with van der Waals surface area (Å²) in [5.74, 6) is 0.0801. The molecule has 0 aliphatic carbocycles. The normalized spacial score (nSPS) is 20.6. The number of benzene rings is 3. The summed E-state index contributed by atoms with van der Waals surface area (Å²) in [6.45, 7) is 4.28. The molecule has 1 amide bonds. The Bertz CT molecular complexity index is 1530. The van der Waals surface area contributed by atoms with E-state index in [1.165, 1.54) is 0 Å². The Hall–Kier alpha value is -2.21. The number of nitrogens with one attached hydrogen (secondary N) is 1. The van der Waals surface area contributed by atoms with Crippen LogP contribution >= 0.6 is 57.9 Å². The molecule has 0 bridgehead atoms. The lowest BCUT2D eigenvalue weighted by atomic mass is 9.91. The highest BCUT2D eigenvalue weighted by Gasteiger charge is 2.38. The minimum Gasteiger partial charge on any atom is -0.392 e. The van der Waals surface area contributed by atoms with Gasteiger partial charge in [0.1, 0.15) is 5.01 Å². The van der Waals surface area contributed by atoms with Crippen molar-refractivity contribution in [3.05, 3.63) is 100 Å². The van der Waals surface area contributed by atoms with Crippen LogP contribution in [0.3, 0.4) is 0 Å². The zero-order valence-corrected chi connectivity index (χ0v) is 27.3. The number of ether oxygens (including phenoxy) is 2. The van der Waals surface area contributed by atoms with Crippen LogP contribution in [-0.4, -0.2) is 36.9 Å². The number of alkyl halides is 3. The number of aliphatic hydroxyl groups excluding tert-OH is 1. The number of amides is 1. The summed E-state index contributed by atoms with van der Waals surface area (Å²) in [5, 5.41) is 21.5. The molecular weight excluding hydrogens is 649 g/mol. The van der Waals surface area contributed by atoms with Gasteiger partial charge in [0.05, 0.1) is 18.8 Å². The van der Waals surface area contributed by atoms with E-state index in [4.69, 9.17) is 44.3 Å². The van der Waals surface area contributed by atoms with Crippen LogP contribution in [0, 0.1) is 12.8 Å². The maximum atomic E-state index is 12.1. The van der Waals surface area contributed by atoms with Gasteiger partial charge in [-0.1, -0.05) is 138 Å². The predicted octanol–water partition coefficient (Wildman–Crippen LogP) is 7.58. The third-order valence-electron chi connectivity index (χ3n) is 7.21. The largest absolute Gasteiger partial charge is 0.392 e. The number of thioether (sulfide) groups is 1. The summed E-state index contributed by atoms with van der Waals surface area (Å²) in [7, 11) is 0. The van der Waals surface area contributed by atoms with Gasteiger partial charge in [0.15, 0.2) is 10.6 Å². The Kier molecular flexibility index (Phi) is 10.7. The molecule has 5 rings (SSSR count). The van der Waals surface area contributed by atoms with Crippen LogP contribution in [0.5, 0.6) is 0 Å². The number of carbonyl (C=O) groups is 1. The van der Waals surface area contributed by atoms with E-state index < -0.39 is 16.0 Å². The van der Waals surface area contributed by atoms with Gasteiger partial charge in [-0.3, -0.25) is 4.79 Å². The molecule has 2 N–H and O–H groups in total. The molecule has 0 saturated carbocycles. The average molecular weight is 679 g/mol. The van der Waals surface area contributed by atoms with Crippen molar-refractivity contribution in [3.63, 3.8) is 0 Å². The standard InChI is InChI=1S/C31H30Cl3N3O4S2/c1-18-26(17-42-30-37-36-19(2)43-30)40-28(41-27(18)22-9-7-20(16-38)8-10-22)23-13-11-21(12-14-23)25-6-4-3-5-24(25)15-35-29(39)31(32,33)34/h3-14,18,26-28,38H,15-17H2,1-2H3,(H,35,39)/t18-,26+,27+,28+/m1/s1. The first-order valence-electron chi connectivity index (χ1n) is 13.6. The zero-order valence-electron chi connectivity index (χ0n) is 23.4. The van der Waals surface area contributed by atoms with Gasteiger partial charge >= 0.3 is 0 Å². The lowest BCUT2D eigenvalue weighted by molar-refractivity contribution is -0.268. The van der Waals surface area contributed by atoms with Crippen LogP contribution in [0.2, 0.25) is 0 Å². The fourth-order valence-electron chi connectivity index (χ4n) is 4.85. The summed E-state index contributed by atoms with van der Waals surface area (Å²) in [6, 6.07) is 23.6. The van der Waals surface area contributed by atoms with Crippen LogP contribution in [0.25, 0.3) is 11.1 Å². The van der Waals surface area contributed by atoms with E-state index in [9.17, 15) is 9.90 Å². The molecule has 1 aliphatic heterocycles. The molecule has 43 heavy (non-hydrogen) atoms. The number of halogens is 3. The first-order valence-corrected chi connectivity index (χ1v) is 16.5. The zero-order chi connectivity index (χ0) is 30.6. The lowest BCUT2D eigenvalue weighted by Gasteiger charge is -2.41. The molecule has 1 aliphatic rings. The number of carbonyl (C=O) groups excluding carboxylic acids is 1. The van der Waals surface area contributed by atoms with Crippen molar-refractivity contribution in [1.29, 1.82) is 0 Å². The van der Waals surface area contributed by atoms with Crippen LogP contribution in [-0.2, 0) is 27.4 Å². The van der Waals surface area contributed by atoms with Crippen molar-refractivity contribution in [2.75, 3.05) is 5.75 Å². The van der Waals surface area contributed by atoms with E-state index in [1.54, 1.807) is 23.1 Å². The number of aryl methyl sites for hydroxylation is 1. The SMILES string of the molecule is Cc1nnc(SC[C@@H]2O[C@H](c3ccc(-c4ccccc4CNC(=O)C(Cl)(Cl)Cl)cc3)O[C@H](c3ccc(CO)cc3)[C@@H]2C)s1. The molecule has 4 aromatic rings. The third kappa shape index (κ3) is 8.09. The van der Waals surface area contributed by atoms with Crippen molar-refractivity contribution in [3.8, 4) is 11.1 Å². The number of hydrogen-bond donors (Lipinski definition) is 2. The molecule has 2 heterocycles. The second-order valence-electron chi connectivity index (χ2n) is 10.2. The maximum Gasteiger partial charge on any atom is 0.272 e. The van der Waals surface area contributed by atoms with Gasteiger partial charge in [-0.2, -0.15) is 0 Å². The molecular formula is C31H30Cl3N3O4S2. The topological polar surface area (TPSA) is 93.6 Å². The third-order valence-corrected chi connectivity index (χ3v) is 9.79. The van der Waals surface area contributed by atoms with Crippen LogP contribution < -0.4 is 5.32 Å². The number of hydrogen-bond acceptors (Lipinski definition) is 8. The van der Waals surface area contributed by atoms with E-state index in [0.29, 0.717) is 5.75 Å². The smallest absolute Gasteiger partial charge is 0.272 e. The average Bonchev–Trinajstić information content (AvgIpc) is 3.44. The monoisotopic (exact) mass is 677 g/mol. The molecule has 1 saturated heterocycles. The summed E-state index contributed by atoms with van der Waals surface area (Å²) in [5.41, 5.74) is 5.55. The summed E-state index contributed by atoms with van der Waals surface area (Å²) < 4.78 is 12.0. The Labute approximate surface area is 273 Å². The highest BCUT2D eigenvalue weighted by atomic mass is 35.6. The highest BCUT2D eigenvalue weighted by molar-refractivity contribution is 8.01. The van der Waals surface area contributed by atoms with Crippen molar-refractivity contribution in [1.82, 2.24) is 15.5 Å². The van der Waals surface area contributed by atoms with Gasteiger partial charge in [0.25, 0.3) is 9.70 Å². The fraction of sp³-hybridized carbons (Fsp3) is 0.323. The number of aromatic nitrogens is 2. The molecule has 1 aromatic heterocycles. The van der Waals surface area contributed by atoms with E-state index in [1.807, 2.05) is 79.7 Å². The molecule has 3 aromatic carbocycles. The quantitative estimate of drug-likeness (QED) is 0.139. The molecule has 0 radical (unpaired) electrons. The van der Waals surface area contributed by atoms with Crippen molar-refractivity contribution >= 4 is 63.8 Å². The molecule has 7 nitrogen and oxygen atoms in total. The Balaban J connectivity index is 1.37. The summed E-state index contributed by atoms with van der Waals surface area (Å²) in [6.07, 6.45) is -0.916. The van der Waals surface area contributed by atoms with Crippen LogP contribution in [0.4, 0.5) is 0 Å². The number of aliphatic hydroxyl groups is 1. The molecule has 0 spiro atoms. The van der Waals surface area contributed by atoms with Crippen molar-refractivity contribution < 1.29 is 19.4 Å². The van der Waals surface area contributed by atoms with Gasteiger partial charge in [-0.05, 0) is 34.7 Å². The van der Waals surface area contributed by atoms with E-state index >= 15 is 0 Å². The fourth-order valence-corrected chi connectivity index (χ4v) is 7.06. The van der Waals surface area contributed by atoms with Crippen LogP contribution in [0.1, 0.15) is 46.6 Å². The van der Waals surface area contributed by atoms with Gasteiger partial charge in [-0.25, -0.2) is 0 Å². The van der Waals surface area contributed by atoms with Crippen molar-refractivity contribution in [2.24, 2.45) is 5.92 Å². The lowest BCUT2D eigenvalue weighted by Crippen LogP contribution is -2.38. The Morgan fingerprint density at radius 2 is 1.70 bits per heavy atom. The molecule has 4 atom stereocenters. The second kappa shape index (κ2) is 14.3. The Morgan fingerprint density at radius 1 is 1.00 bits per heavy atom. The number of rotatable bonds is 9. The predicted molar refractivity (Wildman–Crippen MR) is 172 cm³/mol. The maximum absolute atomic E-state index is 12.1. The van der Waals surface area contributed by atoms with E-state index in [2.05, 4.69) is 22.4 Å². The molecule has 12 heteroatoms. The van der Waals surface area contributed by atoms with Crippen molar-refractivity contribution in [2.45, 2.75) is 53.6 Å². The van der Waals surface area contributed by atoms with Crippen LogP contribution in [0.15, 0.2) is 77.1 Å². The van der Waals surface area contributed by atoms with E-state index in [-0.39, 0.29) is 31.3 Å². The Morgan fingerprint density at radius 3 is 2.35 bits per heavy atom. The highest BCUT2D eigenvalue weighted by Crippen LogP contribution is 2.43. The summed E-state index contributed by atoms with van der Waals surface area (Å²) >= 11 is 20.3. The minimum atomic E-state index is -2.03. The van der Waals surface area contributed by atoms with Gasteiger partial charge in [0, 0.05) is 23.8 Å². The summed E-state index contributed by atoms with van der Waals surface area (Å²) in [4.78, 5) is 12.1. The first kappa shape index (κ1) is 32.2. The molecule has 1 fully saturated rings. The van der Waals surface area contributed by atoms with Gasteiger partial charge in [0.2, 0.25) is 0 Å². The number of nitrogens with zero attached hydrogens (tertiary/aromatic N) is 2. The second-order valence-corrected chi connectivity index (χ2v) is 14.9. The van der Waals surface area contributed by atoms with Gasteiger partial charge in [-0.15, -0.1) is 10.2 Å². The van der Waals surface area contributed by atoms with Gasteiger partial charge < -0.3 is 19.9 Å². The molecule has 226 valence electrons.